The van der Waals surface area contributed by atoms with E-state index in [9.17, 15) is 5.11 Å². The lowest BCUT2D eigenvalue weighted by atomic mass is 9.85. The predicted molar refractivity (Wildman–Crippen MR) is 64.5 cm³/mol. The smallest absolute Gasteiger partial charge is 0.102 e. The van der Waals surface area contributed by atoms with Gasteiger partial charge in [-0.15, -0.1) is 0 Å². The molecule has 2 rings (SSSR count). The van der Waals surface area contributed by atoms with Crippen molar-refractivity contribution in [2.24, 2.45) is 5.92 Å². The van der Waals surface area contributed by atoms with Gasteiger partial charge in [0.2, 0.25) is 0 Å². The first-order valence-electron chi connectivity index (χ1n) is 4.69. The molecule has 2 atom stereocenters. The third kappa shape index (κ3) is 1.73. The van der Waals surface area contributed by atoms with Gasteiger partial charge >= 0.3 is 0 Å². The molecular weight excluding hydrogens is 260 g/mol. The number of halogens is 1. The van der Waals surface area contributed by atoms with Gasteiger partial charge in [0.25, 0.3) is 0 Å². The molecule has 0 radical (unpaired) electrons. The van der Waals surface area contributed by atoms with Crippen LogP contribution in [0.3, 0.4) is 0 Å². The van der Waals surface area contributed by atoms with E-state index in [-0.39, 0.29) is 0 Å². The van der Waals surface area contributed by atoms with E-state index < -0.39 is 5.60 Å². The van der Waals surface area contributed by atoms with Crippen molar-refractivity contribution in [2.45, 2.75) is 12.5 Å². The standard InChI is InChI=1S/C11H13BrOS/c1-8-6-14-7-11(8,13)9-2-4-10(12)5-3-9/h2-5,8,13H,6-7H2,1H3. The minimum Gasteiger partial charge on any atom is -0.384 e. The average molecular weight is 273 g/mol. The van der Waals surface area contributed by atoms with Crippen LogP contribution in [0.2, 0.25) is 0 Å². The van der Waals surface area contributed by atoms with Gasteiger partial charge in [-0.25, -0.2) is 0 Å². The molecule has 14 heavy (non-hydrogen) atoms. The van der Waals surface area contributed by atoms with Gasteiger partial charge in [-0.1, -0.05) is 35.0 Å². The topological polar surface area (TPSA) is 20.2 Å². The van der Waals surface area contributed by atoms with Crippen molar-refractivity contribution in [1.82, 2.24) is 0 Å². The lowest BCUT2D eigenvalue weighted by Gasteiger charge is -2.27. The number of hydrogen-bond donors (Lipinski definition) is 1. The second-order valence-electron chi connectivity index (χ2n) is 3.85. The SMILES string of the molecule is CC1CSCC1(O)c1ccc(Br)cc1. The fourth-order valence-corrected chi connectivity index (χ4v) is 3.55. The lowest BCUT2D eigenvalue weighted by Crippen LogP contribution is -2.32. The molecule has 0 aromatic heterocycles. The highest BCUT2D eigenvalue weighted by Gasteiger charge is 2.40. The molecule has 0 spiro atoms. The van der Waals surface area contributed by atoms with E-state index >= 15 is 0 Å². The summed E-state index contributed by atoms with van der Waals surface area (Å²) in [7, 11) is 0. The van der Waals surface area contributed by atoms with Crippen LogP contribution in [0.4, 0.5) is 0 Å². The van der Waals surface area contributed by atoms with Crippen molar-refractivity contribution < 1.29 is 5.11 Å². The zero-order valence-electron chi connectivity index (χ0n) is 8.03. The Hall–Kier alpha value is 0.01000. The maximum Gasteiger partial charge on any atom is 0.102 e. The molecule has 2 unspecified atom stereocenters. The normalized spacial score (nSPS) is 32.1. The first-order valence-corrected chi connectivity index (χ1v) is 6.64. The predicted octanol–water partition coefficient (Wildman–Crippen LogP) is 3.02. The molecule has 0 bridgehead atoms. The summed E-state index contributed by atoms with van der Waals surface area (Å²) in [5, 5.41) is 10.5. The summed E-state index contributed by atoms with van der Waals surface area (Å²) in [6, 6.07) is 7.99. The average Bonchev–Trinajstić information content (AvgIpc) is 2.49. The first kappa shape index (κ1) is 10.5. The molecule has 0 amide bonds. The molecule has 0 aliphatic carbocycles. The van der Waals surface area contributed by atoms with Gasteiger partial charge < -0.3 is 5.11 Å². The van der Waals surface area contributed by atoms with E-state index in [1.807, 2.05) is 36.0 Å². The van der Waals surface area contributed by atoms with Crippen LogP contribution in [0.5, 0.6) is 0 Å². The molecule has 76 valence electrons. The Morgan fingerprint density at radius 3 is 2.57 bits per heavy atom. The number of benzene rings is 1. The zero-order chi connectivity index (χ0) is 10.2. The minimum atomic E-state index is -0.620. The van der Waals surface area contributed by atoms with Crippen LogP contribution >= 0.6 is 27.7 Å². The molecule has 1 N–H and O–H groups in total. The van der Waals surface area contributed by atoms with Crippen LogP contribution in [0, 0.1) is 5.92 Å². The first-order chi connectivity index (χ1) is 6.63. The van der Waals surface area contributed by atoms with Gasteiger partial charge in [-0.3, -0.25) is 0 Å². The summed E-state index contributed by atoms with van der Waals surface area (Å²) in [5.74, 6) is 2.20. The summed E-state index contributed by atoms with van der Waals surface area (Å²) in [6.07, 6.45) is 0. The van der Waals surface area contributed by atoms with Crippen LogP contribution < -0.4 is 0 Å². The van der Waals surface area contributed by atoms with Crippen LogP contribution in [0.1, 0.15) is 12.5 Å². The number of hydrogen-bond acceptors (Lipinski definition) is 2. The van der Waals surface area contributed by atoms with Gasteiger partial charge in [0.05, 0.1) is 0 Å². The molecule has 0 saturated carbocycles. The molecule has 1 aromatic rings. The Bertz CT molecular complexity index is 325. The highest BCUT2D eigenvalue weighted by atomic mass is 79.9. The Kier molecular flexibility index (Phi) is 2.91. The van der Waals surface area contributed by atoms with Crippen molar-refractivity contribution in [2.75, 3.05) is 11.5 Å². The number of thioether (sulfide) groups is 1. The molecule has 1 saturated heterocycles. The highest BCUT2D eigenvalue weighted by Crippen LogP contribution is 2.41. The van der Waals surface area contributed by atoms with Gasteiger partial charge in [-0.2, -0.15) is 11.8 Å². The van der Waals surface area contributed by atoms with E-state index in [4.69, 9.17) is 0 Å². The van der Waals surface area contributed by atoms with Crippen LogP contribution in [0.25, 0.3) is 0 Å². The molecular formula is C11H13BrOS. The van der Waals surface area contributed by atoms with Crippen LogP contribution in [-0.4, -0.2) is 16.6 Å². The number of rotatable bonds is 1. The molecule has 1 heterocycles. The fraction of sp³-hybridized carbons (Fsp3) is 0.455. The minimum absolute atomic E-state index is 0.341. The summed E-state index contributed by atoms with van der Waals surface area (Å²) in [4.78, 5) is 0. The van der Waals surface area contributed by atoms with Gasteiger partial charge in [0.15, 0.2) is 0 Å². The second kappa shape index (κ2) is 3.87. The lowest BCUT2D eigenvalue weighted by molar-refractivity contribution is 0.0234. The van der Waals surface area contributed by atoms with E-state index in [2.05, 4.69) is 22.9 Å². The van der Waals surface area contributed by atoms with Gasteiger partial charge in [0, 0.05) is 10.2 Å². The summed E-state index contributed by atoms with van der Waals surface area (Å²) >= 11 is 5.23. The Morgan fingerprint density at radius 2 is 2.07 bits per heavy atom. The number of aliphatic hydroxyl groups is 1. The Labute approximate surface area is 97.0 Å². The monoisotopic (exact) mass is 272 g/mol. The van der Waals surface area contributed by atoms with Crippen molar-refractivity contribution in [1.29, 1.82) is 0 Å². The third-order valence-corrected chi connectivity index (χ3v) is 4.76. The van der Waals surface area contributed by atoms with E-state index in [0.717, 1.165) is 21.5 Å². The zero-order valence-corrected chi connectivity index (χ0v) is 10.4. The fourth-order valence-electron chi connectivity index (χ4n) is 1.78. The third-order valence-electron chi connectivity index (χ3n) is 2.85. The maximum absolute atomic E-state index is 10.5. The Morgan fingerprint density at radius 1 is 1.43 bits per heavy atom. The van der Waals surface area contributed by atoms with Crippen LogP contribution in [0.15, 0.2) is 28.7 Å². The Balaban J connectivity index is 2.34. The van der Waals surface area contributed by atoms with Gasteiger partial charge in [-0.05, 0) is 29.4 Å². The van der Waals surface area contributed by atoms with E-state index in [1.54, 1.807) is 0 Å². The molecule has 1 nitrogen and oxygen atoms in total. The molecule has 1 aliphatic heterocycles. The summed E-state index contributed by atoms with van der Waals surface area (Å²) in [6.45, 7) is 2.11. The summed E-state index contributed by atoms with van der Waals surface area (Å²) in [5.41, 5.74) is 0.420. The van der Waals surface area contributed by atoms with Crippen molar-refractivity contribution in [3.05, 3.63) is 34.3 Å². The van der Waals surface area contributed by atoms with Crippen molar-refractivity contribution >= 4 is 27.7 Å². The summed E-state index contributed by atoms with van der Waals surface area (Å²) < 4.78 is 1.06. The molecule has 1 aromatic carbocycles. The molecule has 3 heteroatoms. The highest BCUT2D eigenvalue weighted by molar-refractivity contribution is 9.10. The second-order valence-corrected chi connectivity index (χ2v) is 5.79. The van der Waals surface area contributed by atoms with Gasteiger partial charge in [0.1, 0.15) is 5.60 Å². The largest absolute Gasteiger partial charge is 0.384 e. The quantitative estimate of drug-likeness (QED) is 0.848. The van der Waals surface area contributed by atoms with Crippen molar-refractivity contribution in [3.63, 3.8) is 0 Å². The molecule has 1 aliphatic rings. The van der Waals surface area contributed by atoms with Crippen molar-refractivity contribution in [3.8, 4) is 0 Å². The van der Waals surface area contributed by atoms with Crippen LogP contribution in [-0.2, 0) is 5.60 Å². The van der Waals surface area contributed by atoms with E-state index in [0.29, 0.717) is 5.92 Å². The molecule has 1 fully saturated rings. The van der Waals surface area contributed by atoms with E-state index in [1.165, 1.54) is 0 Å². The maximum atomic E-state index is 10.5.